The SMILES string of the molecule is COC[C@]1(CCc2ccc3cc(Br)c(N)nc3c2)CC[C@@]2(n3ccc4c(N)ncnc43)OC(C)(C)O[C@H]12. The number of pyridine rings is 1. The maximum Gasteiger partial charge on any atom is 0.176 e. The number of ether oxygens (including phenoxy) is 3. The second-order valence-electron chi connectivity index (χ2n) is 10.7. The molecular formula is C27H31BrN6O3. The third-order valence-corrected chi connectivity index (χ3v) is 8.53. The summed E-state index contributed by atoms with van der Waals surface area (Å²) in [7, 11) is 1.75. The minimum atomic E-state index is -0.767. The van der Waals surface area contributed by atoms with E-state index >= 15 is 0 Å². The molecule has 0 spiro atoms. The first kappa shape index (κ1) is 24.5. The zero-order valence-electron chi connectivity index (χ0n) is 21.2. The summed E-state index contributed by atoms with van der Waals surface area (Å²) in [6, 6.07) is 10.3. The van der Waals surface area contributed by atoms with E-state index in [2.05, 4.69) is 53.6 Å². The second kappa shape index (κ2) is 8.62. The molecule has 6 rings (SSSR count). The molecule has 4 heterocycles. The number of hydrogen-bond acceptors (Lipinski definition) is 8. The number of rotatable bonds is 6. The number of aromatic nitrogens is 4. The van der Waals surface area contributed by atoms with Crippen molar-refractivity contribution in [2.24, 2.45) is 5.41 Å². The van der Waals surface area contributed by atoms with Crippen molar-refractivity contribution in [2.45, 2.75) is 57.1 Å². The normalized spacial score (nSPS) is 26.8. The summed E-state index contributed by atoms with van der Waals surface area (Å²) in [5.74, 6) is 0.175. The molecule has 9 nitrogen and oxygen atoms in total. The smallest absolute Gasteiger partial charge is 0.176 e. The van der Waals surface area contributed by atoms with Gasteiger partial charge in [-0.1, -0.05) is 12.1 Å². The van der Waals surface area contributed by atoms with E-state index in [1.165, 1.54) is 11.9 Å². The Balaban J connectivity index is 1.37. The fourth-order valence-corrected chi connectivity index (χ4v) is 6.65. The lowest BCUT2D eigenvalue weighted by Gasteiger charge is -2.37. The van der Waals surface area contributed by atoms with Crippen LogP contribution in [0.3, 0.4) is 0 Å². The van der Waals surface area contributed by atoms with Crippen molar-refractivity contribution < 1.29 is 14.2 Å². The van der Waals surface area contributed by atoms with Crippen LogP contribution < -0.4 is 11.5 Å². The highest BCUT2D eigenvalue weighted by molar-refractivity contribution is 9.10. The molecule has 2 aliphatic rings. The van der Waals surface area contributed by atoms with Crippen LogP contribution in [0.2, 0.25) is 0 Å². The van der Waals surface area contributed by atoms with Crippen molar-refractivity contribution in [3.05, 3.63) is 52.9 Å². The first-order valence-electron chi connectivity index (χ1n) is 12.5. The van der Waals surface area contributed by atoms with Crippen LogP contribution in [0.15, 0.2) is 47.3 Å². The topological polar surface area (TPSA) is 123 Å². The first-order chi connectivity index (χ1) is 17.7. The molecule has 0 bridgehead atoms. The predicted molar refractivity (Wildman–Crippen MR) is 146 cm³/mol. The fourth-order valence-electron chi connectivity index (χ4n) is 6.31. The quantitative estimate of drug-likeness (QED) is 0.342. The zero-order valence-corrected chi connectivity index (χ0v) is 22.8. The first-order valence-corrected chi connectivity index (χ1v) is 13.3. The lowest BCUT2D eigenvalue weighted by atomic mass is 9.78. The molecular weight excluding hydrogens is 536 g/mol. The lowest BCUT2D eigenvalue weighted by Crippen LogP contribution is -2.47. The monoisotopic (exact) mass is 566 g/mol. The molecule has 4 aromatic rings. The molecule has 4 N–H and O–H groups in total. The lowest BCUT2D eigenvalue weighted by molar-refractivity contribution is -0.191. The summed E-state index contributed by atoms with van der Waals surface area (Å²) in [4.78, 5) is 13.3. The summed E-state index contributed by atoms with van der Waals surface area (Å²) in [6.45, 7) is 4.50. The molecule has 2 fully saturated rings. The highest BCUT2D eigenvalue weighted by atomic mass is 79.9. The summed E-state index contributed by atoms with van der Waals surface area (Å²) in [5.41, 5.74) is 14.0. The van der Waals surface area contributed by atoms with E-state index in [9.17, 15) is 0 Å². The van der Waals surface area contributed by atoms with Gasteiger partial charge in [-0.3, -0.25) is 0 Å². The van der Waals surface area contributed by atoms with Crippen molar-refractivity contribution in [2.75, 3.05) is 25.2 Å². The van der Waals surface area contributed by atoms with Gasteiger partial charge in [-0.15, -0.1) is 0 Å². The molecule has 1 aromatic carbocycles. The molecule has 0 radical (unpaired) electrons. The van der Waals surface area contributed by atoms with E-state index in [1.54, 1.807) is 7.11 Å². The standard InChI is InChI=1S/C27H31BrN6O3/c1-25(2)36-24-26(14-35-3,8-6-16-4-5-17-13-19(28)22(30)33-20(17)12-16)9-10-27(24,37-25)34-11-7-18-21(29)31-15-32-23(18)34/h4-5,7,11-13,15,24H,6,8-10,14H2,1-3H3,(H2,30,33)(H2,29,31,32)/t24-,26+,27-/m1/s1. The van der Waals surface area contributed by atoms with Crippen molar-refractivity contribution in [1.29, 1.82) is 0 Å². The number of aryl methyl sites for hydroxylation is 1. The maximum absolute atomic E-state index is 6.74. The largest absolute Gasteiger partial charge is 0.384 e. The van der Waals surface area contributed by atoms with Crippen LogP contribution in [0.1, 0.15) is 38.7 Å². The van der Waals surface area contributed by atoms with E-state index in [4.69, 9.17) is 25.7 Å². The van der Waals surface area contributed by atoms with E-state index in [1.807, 2.05) is 32.2 Å². The molecule has 1 aliphatic heterocycles. The van der Waals surface area contributed by atoms with E-state index in [0.29, 0.717) is 18.2 Å². The number of methoxy groups -OCH3 is 1. The van der Waals surface area contributed by atoms with Gasteiger partial charge in [-0.2, -0.15) is 0 Å². The summed E-state index contributed by atoms with van der Waals surface area (Å²) >= 11 is 3.47. The van der Waals surface area contributed by atoms with Gasteiger partial charge in [0, 0.05) is 24.1 Å². The van der Waals surface area contributed by atoms with Crippen molar-refractivity contribution >= 4 is 49.5 Å². The van der Waals surface area contributed by atoms with E-state index < -0.39 is 11.5 Å². The number of nitrogens with zero attached hydrogens (tertiary/aromatic N) is 4. The Morgan fingerprint density at radius 3 is 2.78 bits per heavy atom. The van der Waals surface area contributed by atoms with Crippen LogP contribution in [0.25, 0.3) is 21.9 Å². The Bertz CT molecular complexity index is 1510. The molecule has 1 saturated carbocycles. The predicted octanol–water partition coefficient (Wildman–Crippen LogP) is 4.77. The van der Waals surface area contributed by atoms with Crippen molar-refractivity contribution in [3.8, 4) is 0 Å². The molecule has 10 heteroatoms. The number of nitrogens with two attached hydrogens (primary N) is 2. The van der Waals surface area contributed by atoms with Gasteiger partial charge in [0.15, 0.2) is 11.5 Å². The van der Waals surface area contributed by atoms with E-state index in [0.717, 1.165) is 52.1 Å². The van der Waals surface area contributed by atoms with Crippen LogP contribution in [-0.2, 0) is 26.4 Å². The summed E-state index contributed by atoms with van der Waals surface area (Å²) in [6.07, 6.45) is 6.60. The second-order valence-corrected chi connectivity index (χ2v) is 11.6. The molecule has 194 valence electrons. The minimum absolute atomic E-state index is 0.244. The highest BCUT2D eigenvalue weighted by Gasteiger charge is 2.66. The molecule has 1 saturated heterocycles. The van der Waals surface area contributed by atoms with Crippen LogP contribution in [0, 0.1) is 5.41 Å². The van der Waals surface area contributed by atoms with Crippen LogP contribution in [0.5, 0.6) is 0 Å². The average Bonchev–Trinajstić information content (AvgIpc) is 3.49. The van der Waals surface area contributed by atoms with E-state index in [-0.39, 0.29) is 11.5 Å². The fraction of sp³-hybridized carbons (Fsp3) is 0.444. The Kier molecular flexibility index (Phi) is 5.72. The van der Waals surface area contributed by atoms with Crippen molar-refractivity contribution in [1.82, 2.24) is 19.5 Å². The number of halogens is 1. The number of anilines is 2. The number of nitrogen functional groups attached to an aromatic ring is 2. The Labute approximate surface area is 223 Å². The molecule has 1 aliphatic carbocycles. The zero-order chi connectivity index (χ0) is 26.0. The molecule has 37 heavy (non-hydrogen) atoms. The van der Waals surface area contributed by atoms with Gasteiger partial charge in [0.1, 0.15) is 29.7 Å². The Morgan fingerprint density at radius 1 is 1.14 bits per heavy atom. The molecule has 0 amide bonds. The third-order valence-electron chi connectivity index (χ3n) is 7.90. The Hall–Kier alpha value is -2.79. The number of hydrogen-bond donors (Lipinski definition) is 2. The Morgan fingerprint density at radius 2 is 1.97 bits per heavy atom. The van der Waals surface area contributed by atoms with Gasteiger partial charge >= 0.3 is 0 Å². The van der Waals surface area contributed by atoms with Gasteiger partial charge in [0.25, 0.3) is 0 Å². The maximum atomic E-state index is 6.74. The minimum Gasteiger partial charge on any atom is -0.384 e. The van der Waals surface area contributed by atoms with Gasteiger partial charge in [0.2, 0.25) is 0 Å². The highest BCUT2D eigenvalue weighted by Crippen LogP contribution is 2.59. The summed E-state index contributed by atoms with van der Waals surface area (Å²) in [5, 5.41) is 1.86. The third kappa shape index (κ3) is 3.89. The van der Waals surface area contributed by atoms with Gasteiger partial charge in [-0.05, 0) is 79.2 Å². The number of benzene rings is 1. The average molecular weight is 567 g/mol. The molecule has 3 aromatic heterocycles. The number of fused-ring (bicyclic) bond motifs is 3. The molecule has 3 atom stereocenters. The van der Waals surface area contributed by atoms with Crippen LogP contribution >= 0.6 is 15.9 Å². The van der Waals surface area contributed by atoms with Gasteiger partial charge in [-0.25, -0.2) is 15.0 Å². The molecule has 0 unspecified atom stereocenters. The van der Waals surface area contributed by atoms with Crippen LogP contribution in [-0.4, -0.2) is 45.1 Å². The van der Waals surface area contributed by atoms with Gasteiger partial charge < -0.3 is 30.2 Å². The summed E-state index contributed by atoms with van der Waals surface area (Å²) < 4.78 is 22.2. The van der Waals surface area contributed by atoms with Crippen molar-refractivity contribution in [3.63, 3.8) is 0 Å². The van der Waals surface area contributed by atoms with Gasteiger partial charge in [0.05, 0.1) is 22.0 Å². The van der Waals surface area contributed by atoms with Crippen LogP contribution in [0.4, 0.5) is 11.6 Å².